The molecule has 1 aromatic rings. The molecular weight excluding hydrogens is 281 g/mol. The van der Waals surface area contributed by atoms with E-state index in [2.05, 4.69) is 5.32 Å². The van der Waals surface area contributed by atoms with Gasteiger partial charge in [0.15, 0.2) is 0 Å². The number of hydrogen-bond acceptors (Lipinski definition) is 2. The van der Waals surface area contributed by atoms with Crippen molar-refractivity contribution in [2.24, 2.45) is 0 Å². The van der Waals surface area contributed by atoms with Crippen molar-refractivity contribution in [1.82, 2.24) is 4.90 Å². The second-order valence-corrected chi connectivity index (χ2v) is 5.20. The molecular formula is C15H19F3N2O. The van der Waals surface area contributed by atoms with Gasteiger partial charge in [0.25, 0.3) is 5.91 Å². The molecule has 0 aliphatic carbocycles. The van der Waals surface area contributed by atoms with Gasteiger partial charge in [-0.2, -0.15) is 13.2 Å². The maximum atomic E-state index is 12.6. The molecule has 1 N–H and O–H groups in total. The zero-order chi connectivity index (χ0) is 15.5. The van der Waals surface area contributed by atoms with Crippen LogP contribution in [0.15, 0.2) is 18.2 Å². The average Bonchev–Trinajstić information content (AvgIpc) is 2.44. The van der Waals surface area contributed by atoms with Crippen LogP contribution < -0.4 is 5.32 Å². The van der Waals surface area contributed by atoms with Gasteiger partial charge in [0, 0.05) is 24.3 Å². The van der Waals surface area contributed by atoms with Gasteiger partial charge in [0.1, 0.15) is 6.54 Å². The predicted octanol–water partition coefficient (Wildman–Crippen LogP) is 3.46. The number of hydrogen-bond donors (Lipinski definition) is 1. The lowest BCUT2D eigenvalue weighted by molar-refractivity contribution is -0.140. The Labute approximate surface area is 122 Å². The van der Waals surface area contributed by atoms with Crippen LogP contribution in [0.4, 0.5) is 18.9 Å². The quantitative estimate of drug-likeness (QED) is 0.923. The van der Waals surface area contributed by atoms with Gasteiger partial charge < -0.3 is 10.2 Å². The Hall–Kier alpha value is -1.72. The van der Waals surface area contributed by atoms with Crippen molar-refractivity contribution in [1.29, 1.82) is 0 Å². The van der Waals surface area contributed by atoms with Crippen LogP contribution >= 0.6 is 0 Å². The Bertz CT molecular complexity index is 514. The van der Waals surface area contributed by atoms with Crippen LogP contribution in [0.3, 0.4) is 0 Å². The minimum absolute atomic E-state index is 0.107. The highest BCUT2D eigenvalue weighted by atomic mass is 19.4. The van der Waals surface area contributed by atoms with Crippen molar-refractivity contribution in [2.45, 2.75) is 32.4 Å². The number of halogens is 3. The van der Waals surface area contributed by atoms with E-state index in [9.17, 15) is 18.0 Å². The van der Waals surface area contributed by atoms with Crippen LogP contribution in [0.25, 0.3) is 0 Å². The van der Waals surface area contributed by atoms with Crippen molar-refractivity contribution in [3.05, 3.63) is 29.3 Å². The first kappa shape index (κ1) is 15.7. The van der Waals surface area contributed by atoms with Crippen LogP contribution in [0, 0.1) is 0 Å². The van der Waals surface area contributed by atoms with Gasteiger partial charge in [-0.3, -0.25) is 4.79 Å². The molecule has 116 valence electrons. The highest BCUT2D eigenvalue weighted by Gasteiger charge is 2.33. The summed E-state index contributed by atoms with van der Waals surface area (Å²) in [7, 11) is 0. The fourth-order valence-corrected chi connectivity index (χ4v) is 2.62. The van der Waals surface area contributed by atoms with Crippen LogP contribution in [0.1, 0.15) is 35.7 Å². The number of amides is 1. The summed E-state index contributed by atoms with van der Waals surface area (Å²) in [6, 6.07) is 5.19. The molecule has 0 atom stereocenters. The molecule has 0 saturated heterocycles. The molecule has 0 aromatic heterocycles. The maximum absolute atomic E-state index is 12.6. The molecule has 2 rings (SSSR count). The van der Waals surface area contributed by atoms with Crippen LogP contribution in [-0.4, -0.2) is 36.6 Å². The lowest BCUT2D eigenvalue weighted by Crippen LogP contribution is -2.40. The number of fused-ring (bicyclic) bond motifs is 1. The summed E-state index contributed by atoms with van der Waals surface area (Å²) in [5, 5.41) is 3.18. The molecule has 3 nitrogen and oxygen atoms in total. The molecule has 1 amide bonds. The third-order valence-electron chi connectivity index (χ3n) is 3.48. The molecule has 0 unspecified atom stereocenters. The molecule has 0 spiro atoms. The summed E-state index contributed by atoms with van der Waals surface area (Å²) in [5.74, 6) is -0.533. The van der Waals surface area contributed by atoms with E-state index in [4.69, 9.17) is 0 Å². The fraction of sp³-hybridized carbons (Fsp3) is 0.533. The first-order valence-corrected chi connectivity index (χ1v) is 7.14. The highest BCUT2D eigenvalue weighted by molar-refractivity contribution is 5.97. The number of carbonyl (C=O) groups is 1. The Morgan fingerprint density at radius 1 is 1.38 bits per heavy atom. The second-order valence-electron chi connectivity index (χ2n) is 5.20. The number of rotatable bonds is 4. The first-order chi connectivity index (χ1) is 9.92. The zero-order valence-electron chi connectivity index (χ0n) is 12.0. The van der Waals surface area contributed by atoms with Crippen LogP contribution in [0.2, 0.25) is 0 Å². The number of nitrogens with zero attached hydrogens (tertiary/aromatic N) is 1. The number of benzene rings is 1. The summed E-state index contributed by atoms with van der Waals surface area (Å²) in [4.78, 5) is 13.4. The number of carbonyl (C=O) groups excluding carboxylic acids is 1. The van der Waals surface area contributed by atoms with Crippen molar-refractivity contribution in [2.75, 3.05) is 25.0 Å². The molecule has 1 heterocycles. The lowest BCUT2D eigenvalue weighted by atomic mass is 9.96. The first-order valence-electron chi connectivity index (χ1n) is 7.14. The molecule has 0 fully saturated rings. The molecule has 6 heteroatoms. The Balaban J connectivity index is 2.28. The summed E-state index contributed by atoms with van der Waals surface area (Å²) in [6.45, 7) is 1.50. The van der Waals surface area contributed by atoms with Gasteiger partial charge in [0.05, 0.1) is 0 Å². The van der Waals surface area contributed by atoms with Crippen molar-refractivity contribution >= 4 is 11.6 Å². The van der Waals surface area contributed by atoms with Gasteiger partial charge >= 0.3 is 6.18 Å². The smallest absolute Gasteiger partial charge is 0.385 e. The van der Waals surface area contributed by atoms with Gasteiger partial charge in [-0.15, -0.1) is 0 Å². The number of nitrogens with one attached hydrogen (secondary N) is 1. The van der Waals surface area contributed by atoms with Crippen molar-refractivity contribution in [3.8, 4) is 0 Å². The Morgan fingerprint density at radius 3 is 2.81 bits per heavy atom. The summed E-state index contributed by atoms with van der Waals surface area (Å²) < 4.78 is 37.9. The van der Waals surface area contributed by atoms with Crippen LogP contribution in [-0.2, 0) is 6.42 Å². The van der Waals surface area contributed by atoms with Gasteiger partial charge in [-0.1, -0.05) is 13.0 Å². The predicted molar refractivity (Wildman–Crippen MR) is 75.5 cm³/mol. The summed E-state index contributed by atoms with van der Waals surface area (Å²) >= 11 is 0. The van der Waals surface area contributed by atoms with E-state index in [0.717, 1.165) is 35.5 Å². The highest BCUT2D eigenvalue weighted by Crippen LogP contribution is 2.27. The standard InChI is InChI=1S/C15H19F3N2O/c1-2-9-20(10-15(16,17)18)14(21)12-5-3-7-13-11(12)6-4-8-19-13/h3,5,7,19H,2,4,6,8-10H2,1H3. The molecule has 0 saturated carbocycles. The average molecular weight is 300 g/mol. The van der Waals surface area contributed by atoms with E-state index in [0.29, 0.717) is 12.0 Å². The number of anilines is 1. The topological polar surface area (TPSA) is 32.3 Å². The number of alkyl halides is 3. The monoisotopic (exact) mass is 300 g/mol. The van der Waals surface area contributed by atoms with Gasteiger partial charge in [-0.05, 0) is 37.0 Å². The normalized spacial score (nSPS) is 14.3. The van der Waals surface area contributed by atoms with E-state index < -0.39 is 18.6 Å². The van der Waals surface area contributed by atoms with Gasteiger partial charge in [0.2, 0.25) is 0 Å². The van der Waals surface area contributed by atoms with Gasteiger partial charge in [-0.25, -0.2) is 0 Å². The molecule has 21 heavy (non-hydrogen) atoms. The van der Waals surface area contributed by atoms with E-state index in [1.807, 2.05) is 6.07 Å². The van der Waals surface area contributed by atoms with E-state index in [1.165, 1.54) is 0 Å². The zero-order valence-corrected chi connectivity index (χ0v) is 12.0. The molecule has 1 aliphatic heterocycles. The fourth-order valence-electron chi connectivity index (χ4n) is 2.62. The minimum atomic E-state index is -4.38. The Morgan fingerprint density at radius 2 is 2.14 bits per heavy atom. The summed E-state index contributed by atoms with van der Waals surface area (Å²) in [6.07, 6.45) is -2.28. The SMILES string of the molecule is CCCN(CC(F)(F)F)C(=O)c1cccc2c1CCCN2. The van der Waals surface area contributed by atoms with Crippen LogP contribution in [0.5, 0.6) is 0 Å². The van der Waals surface area contributed by atoms with E-state index in [1.54, 1.807) is 19.1 Å². The van der Waals surface area contributed by atoms with Crippen molar-refractivity contribution < 1.29 is 18.0 Å². The Kier molecular flexibility index (Phi) is 4.75. The largest absolute Gasteiger partial charge is 0.406 e. The summed E-state index contributed by atoms with van der Waals surface area (Å²) in [5.41, 5.74) is 2.07. The van der Waals surface area contributed by atoms with E-state index >= 15 is 0 Å². The lowest BCUT2D eigenvalue weighted by Gasteiger charge is -2.26. The third-order valence-corrected chi connectivity index (χ3v) is 3.48. The second kappa shape index (κ2) is 6.37. The molecule has 0 radical (unpaired) electrons. The maximum Gasteiger partial charge on any atom is 0.406 e. The molecule has 1 aromatic carbocycles. The molecule has 0 bridgehead atoms. The van der Waals surface area contributed by atoms with E-state index in [-0.39, 0.29) is 6.54 Å². The molecule has 1 aliphatic rings. The third kappa shape index (κ3) is 3.89. The van der Waals surface area contributed by atoms with Crippen molar-refractivity contribution in [3.63, 3.8) is 0 Å². The minimum Gasteiger partial charge on any atom is -0.385 e.